The smallest absolute Gasteiger partial charge is 0.267 e. The van der Waals surface area contributed by atoms with Gasteiger partial charge < -0.3 is 14.8 Å². The highest BCUT2D eigenvalue weighted by atomic mass is 16.5. The Kier molecular flexibility index (Phi) is 5.38. The van der Waals surface area contributed by atoms with Crippen LogP contribution in [0.15, 0.2) is 47.3 Å². The van der Waals surface area contributed by atoms with Crippen LogP contribution in [0.3, 0.4) is 0 Å². The first-order chi connectivity index (χ1) is 14.1. The number of hydrogen-bond donors (Lipinski definition) is 1. The fourth-order valence-electron chi connectivity index (χ4n) is 4.28. The molecule has 2 bridgehead atoms. The summed E-state index contributed by atoms with van der Waals surface area (Å²) in [7, 11) is 3.13. The Morgan fingerprint density at radius 3 is 2.66 bits per heavy atom. The van der Waals surface area contributed by atoms with Crippen molar-refractivity contribution >= 4 is 5.91 Å². The lowest BCUT2D eigenvalue weighted by molar-refractivity contribution is -0.122. The third kappa shape index (κ3) is 4.04. The van der Waals surface area contributed by atoms with Crippen LogP contribution >= 0.6 is 0 Å². The van der Waals surface area contributed by atoms with Crippen molar-refractivity contribution < 1.29 is 14.3 Å². The van der Waals surface area contributed by atoms with E-state index in [0.29, 0.717) is 41.5 Å². The molecule has 4 rings (SSSR count). The molecular weight excluding hydrogens is 370 g/mol. The van der Waals surface area contributed by atoms with Crippen molar-refractivity contribution in [3.63, 3.8) is 0 Å². The number of methoxy groups -OCH3 is 2. The highest BCUT2D eigenvalue weighted by Gasteiger charge is 2.35. The molecule has 3 unspecified atom stereocenters. The molecule has 7 nitrogen and oxygen atoms in total. The summed E-state index contributed by atoms with van der Waals surface area (Å²) in [6.45, 7) is 0.547. The molecule has 0 radical (unpaired) electrons. The zero-order chi connectivity index (χ0) is 20.4. The molecule has 2 aliphatic rings. The number of rotatable bonds is 7. The number of allylic oxidation sites excluding steroid dienone is 2. The number of carbonyl (C=O) groups excluding carboxylic acids is 1. The minimum atomic E-state index is -0.313. The van der Waals surface area contributed by atoms with Gasteiger partial charge in [-0.1, -0.05) is 12.2 Å². The monoisotopic (exact) mass is 395 g/mol. The van der Waals surface area contributed by atoms with E-state index in [-0.39, 0.29) is 18.0 Å². The van der Waals surface area contributed by atoms with Crippen LogP contribution in [0.5, 0.6) is 11.5 Å². The van der Waals surface area contributed by atoms with E-state index < -0.39 is 0 Å². The van der Waals surface area contributed by atoms with E-state index >= 15 is 0 Å². The van der Waals surface area contributed by atoms with Gasteiger partial charge in [0.1, 0.15) is 6.54 Å². The molecule has 152 valence electrons. The van der Waals surface area contributed by atoms with Gasteiger partial charge in [-0.15, -0.1) is 0 Å². The Morgan fingerprint density at radius 1 is 1.14 bits per heavy atom. The van der Waals surface area contributed by atoms with Gasteiger partial charge in [0.25, 0.3) is 5.56 Å². The summed E-state index contributed by atoms with van der Waals surface area (Å²) in [5.41, 5.74) is 1.04. The number of hydrogen-bond acceptors (Lipinski definition) is 5. The second-order valence-corrected chi connectivity index (χ2v) is 7.63. The zero-order valence-corrected chi connectivity index (χ0v) is 16.6. The number of nitrogens with zero attached hydrogens (tertiary/aromatic N) is 2. The maximum absolute atomic E-state index is 12.4. The van der Waals surface area contributed by atoms with Crippen LogP contribution < -0.4 is 20.3 Å². The predicted molar refractivity (Wildman–Crippen MR) is 109 cm³/mol. The van der Waals surface area contributed by atoms with E-state index in [2.05, 4.69) is 22.6 Å². The van der Waals surface area contributed by atoms with Gasteiger partial charge in [0.2, 0.25) is 5.91 Å². The molecule has 1 heterocycles. The third-order valence-electron chi connectivity index (χ3n) is 5.82. The Labute approximate surface area is 169 Å². The largest absolute Gasteiger partial charge is 0.493 e. The average molecular weight is 395 g/mol. The van der Waals surface area contributed by atoms with Gasteiger partial charge in [-0.05, 0) is 54.9 Å². The van der Waals surface area contributed by atoms with Gasteiger partial charge in [0.05, 0.1) is 19.9 Å². The second kappa shape index (κ2) is 8.11. The van der Waals surface area contributed by atoms with Gasteiger partial charge in [0, 0.05) is 18.2 Å². The van der Waals surface area contributed by atoms with Crippen LogP contribution in [0.1, 0.15) is 12.8 Å². The number of nitrogens with one attached hydrogen (secondary N) is 1. The molecule has 1 fully saturated rings. The van der Waals surface area contributed by atoms with E-state index in [1.165, 1.54) is 17.2 Å². The highest BCUT2D eigenvalue weighted by molar-refractivity contribution is 5.75. The molecular formula is C22H25N3O4. The lowest BCUT2D eigenvalue weighted by atomic mass is 9.94. The Balaban J connectivity index is 1.45. The molecule has 7 heteroatoms. The molecule has 2 aliphatic carbocycles. The van der Waals surface area contributed by atoms with Gasteiger partial charge in [-0.2, -0.15) is 5.10 Å². The Bertz CT molecular complexity index is 998. The molecule has 0 aliphatic heterocycles. The van der Waals surface area contributed by atoms with E-state index in [1.807, 2.05) is 6.07 Å². The standard InChI is InChI=1S/C22H25N3O4/c1-28-19-7-5-16(11-20(19)29-2)18-6-8-22(27)25(24-18)13-21(26)23-12-17-10-14-3-4-15(17)9-14/h3-8,11,14-15,17H,9-10,12-13H2,1-2H3,(H,23,26). The first-order valence-electron chi connectivity index (χ1n) is 9.83. The Hall–Kier alpha value is -3.09. The SMILES string of the molecule is COc1ccc(-c2ccc(=O)n(CC(=O)NCC3CC4C=CC3C4)n2)cc1OC. The summed E-state index contributed by atoms with van der Waals surface area (Å²) in [6.07, 6.45) is 6.89. The fraction of sp³-hybridized carbons (Fsp3) is 0.409. The molecule has 1 saturated carbocycles. The van der Waals surface area contributed by atoms with Crippen LogP contribution in [0.4, 0.5) is 0 Å². The van der Waals surface area contributed by atoms with Gasteiger partial charge >= 0.3 is 0 Å². The van der Waals surface area contributed by atoms with Crippen molar-refractivity contribution in [1.82, 2.24) is 15.1 Å². The summed E-state index contributed by atoms with van der Waals surface area (Å²) in [5, 5.41) is 7.34. The van der Waals surface area contributed by atoms with Crippen molar-refractivity contribution in [2.24, 2.45) is 17.8 Å². The van der Waals surface area contributed by atoms with Gasteiger partial charge in [-0.25, -0.2) is 4.68 Å². The zero-order valence-electron chi connectivity index (χ0n) is 16.6. The summed E-state index contributed by atoms with van der Waals surface area (Å²) in [4.78, 5) is 24.6. The van der Waals surface area contributed by atoms with Crippen molar-refractivity contribution in [2.45, 2.75) is 19.4 Å². The van der Waals surface area contributed by atoms with Gasteiger partial charge in [0.15, 0.2) is 11.5 Å². The molecule has 0 saturated heterocycles. The molecule has 1 aromatic heterocycles. The summed E-state index contributed by atoms with van der Waals surface area (Å²) >= 11 is 0. The summed E-state index contributed by atoms with van der Waals surface area (Å²) < 4.78 is 11.8. The number of benzene rings is 1. The highest BCUT2D eigenvalue weighted by Crippen LogP contribution is 2.42. The van der Waals surface area contributed by atoms with E-state index in [1.54, 1.807) is 32.4 Å². The normalized spacial score (nSPS) is 21.9. The minimum Gasteiger partial charge on any atom is -0.493 e. The molecule has 3 atom stereocenters. The number of amides is 1. The average Bonchev–Trinajstić information content (AvgIpc) is 3.36. The van der Waals surface area contributed by atoms with E-state index in [9.17, 15) is 9.59 Å². The van der Waals surface area contributed by atoms with E-state index in [4.69, 9.17) is 9.47 Å². The molecule has 1 N–H and O–H groups in total. The quantitative estimate of drug-likeness (QED) is 0.727. The van der Waals surface area contributed by atoms with Crippen molar-refractivity contribution in [3.05, 3.63) is 52.8 Å². The number of ether oxygens (including phenoxy) is 2. The van der Waals surface area contributed by atoms with Crippen LogP contribution in [-0.4, -0.2) is 36.5 Å². The van der Waals surface area contributed by atoms with Crippen LogP contribution in [0.25, 0.3) is 11.3 Å². The van der Waals surface area contributed by atoms with E-state index in [0.717, 1.165) is 12.0 Å². The number of fused-ring (bicyclic) bond motifs is 2. The van der Waals surface area contributed by atoms with Crippen LogP contribution in [0.2, 0.25) is 0 Å². The third-order valence-corrected chi connectivity index (χ3v) is 5.82. The van der Waals surface area contributed by atoms with Crippen LogP contribution in [-0.2, 0) is 11.3 Å². The minimum absolute atomic E-state index is 0.101. The maximum atomic E-state index is 12.4. The van der Waals surface area contributed by atoms with Crippen molar-refractivity contribution in [3.8, 4) is 22.8 Å². The molecule has 0 spiro atoms. The van der Waals surface area contributed by atoms with Crippen LogP contribution in [0, 0.1) is 17.8 Å². The number of carbonyl (C=O) groups is 1. The number of aromatic nitrogens is 2. The van der Waals surface area contributed by atoms with Crippen molar-refractivity contribution in [2.75, 3.05) is 20.8 Å². The van der Waals surface area contributed by atoms with Gasteiger partial charge in [-0.3, -0.25) is 9.59 Å². The maximum Gasteiger partial charge on any atom is 0.267 e. The summed E-state index contributed by atoms with van der Waals surface area (Å²) in [5.74, 6) is 2.73. The molecule has 1 amide bonds. The lowest BCUT2D eigenvalue weighted by Gasteiger charge is -2.18. The predicted octanol–water partition coefficient (Wildman–Crippen LogP) is 2.26. The first kappa shape index (κ1) is 19.2. The molecule has 2 aromatic rings. The van der Waals surface area contributed by atoms with Crippen molar-refractivity contribution in [1.29, 1.82) is 0 Å². The summed E-state index contributed by atoms with van der Waals surface area (Å²) in [6, 6.07) is 8.47. The fourth-order valence-corrected chi connectivity index (χ4v) is 4.28. The lowest BCUT2D eigenvalue weighted by Crippen LogP contribution is -2.36. The molecule has 1 aromatic carbocycles. The Morgan fingerprint density at radius 2 is 1.97 bits per heavy atom. The topological polar surface area (TPSA) is 82.5 Å². The first-order valence-corrected chi connectivity index (χ1v) is 9.83. The second-order valence-electron chi connectivity index (χ2n) is 7.63. The molecule has 29 heavy (non-hydrogen) atoms.